The van der Waals surface area contributed by atoms with Crippen LogP contribution in [0, 0.1) is 0 Å². The Hall–Kier alpha value is 1.11. The molecule has 5 heteroatoms. The molecule has 0 aromatic heterocycles. The van der Waals surface area contributed by atoms with Crippen LogP contribution in [0.4, 0.5) is 0 Å². The molecule has 1 aromatic carbocycles. The molecular formula is C6H3Cl2NaOS. The molecule has 0 spiro atoms. The molecule has 54 valence electrons. The van der Waals surface area contributed by atoms with Crippen LogP contribution in [-0.4, -0.2) is 4.55 Å². The first-order chi connectivity index (χ1) is 4.72. The number of hydrogen-bond acceptors (Lipinski definition) is 2. The van der Waals surface area contributed by atoms with E-state index in [1.54, 1.807) is 18.2 Å². The zero-order valence-corrected chi connectivity index (χ0v) is 10.1. The second kappa shape index (κ2) is 5.70. The van der Waals surface area contributed by atoms with Gasteiger partial charge in [-0.3, -0.25) is 0 Å². The van der Waals surface area contributed by atoms with Gasteiger partial charge in [-0.25, -0.2) is 12.0 Å². The summed E-state index contributed by atoms with van der Waals surface area (Å²) in [7, 11) is 0. The van der Waals surface area contributed by atoms with Gasteiger partial charge in [-0.15, -0.1) is 0 Å². The fourth-order valence-corrected chi connectivity index (χ4v) is 1.58. The molecule has 0 saturated carbocycles. The molecule has 0 aliphatic rings. The van der Waals surface area contributed by atoms with E-state index in [4.69, 9.17) is 23.2 Å². The van der Waals surface area contributed by atoms with Gasteiger partial charge in [0, 0.05) is 10.0 Å². The molecule has 1 rings (SSSR count). The second-order valence-corrected chi connectivity index (χ2v) is 3.20. The maximum atomic E-state index is 10.2. The zero-order chi connectivity index (χ0) is 7.56. The van der Waals surface area contributed by atoms with Crippen molar-refractivity contribution < 1.29 is 34.1 Å². The van der Waals surface area contributed by atoms with Crippen LogP contribution in [-0.2, 0) is 0 Å². The van der Waals surface area contributed by atoms with Gasteiger partial charge < -0.3 is 4.55 Å². The molecule has 11 heavy (non-hydrogen) atoms. The molecule has 0 bridgehead atoms. The molecule has 1 nitrogen and oxygen atoms in total. The van der Waals surface area contributed by atoms with Crippen LogP contribution in [0.15, 0.2) is 23.1 Å². The fraction of sp³-hybridized carbons (Fsp3) is 0. The van der Waals surface area contributed by atoms with Crippen LogP contribution in [0.5, 0.6) is 0 Å². The standard InChI is InChI=1S/C6H4Cl2OS.Na/c7-4-1-5(8)3-6(2-4)10-9;/h1-3,9H;/q;+1/p-1. The van der Waals surface area contributed by atoms with Gasteiger partial charge in [-0.1, -0.05) is 23.2 Å². The predicted octanol–water partition coefficient (Wildman–Crippen LogP) is 0.220. The summed E-state index contributed by atoms with van der Waals surface area (Å²) in [5.74, 6) is 0. The average molecular weight is 217 g/mol. The number of rotatable bonds is 1. The van der Waals surface area contributed by atoms with Gasteiger partial charge in [0.05, 0.1) is 0 Å². The molecule has 0 fully saturated rings. The van der Waals surface area contributed by atoms with Gasteiger partial charge in [-0.05, 0) is 23.1 Å². The van der Waals surface area contributed by atoms with Crippen LogP contribution in [0.2, 0.25) is 10.0 Å². The van der Waals surface area contributed by atoms with Gasteiger partial charge >= 0.3 is 29.6 Å². The van der Waals surface area contributed by atoms with Gasteiger partial charge in [0.1, 0.15) is 0 Å². The summed E-state index contributed by atoms with van der Waals surface area (Å²) in [4.78, 5) is 0.539. The minimum Gasteiger partial charge on any atom is -0.795 e. The summed E-state index contributed by atoms with van der Waals surface area (Å²) in [6.45, 7) is 0. The molecule has 0 aliphatic carbocycles. The molecule has 0 saturated heterocycles. The van der Waals surface area contributed by atoms with Crippen molar-refractivity contribution in [2.75, 3.05) is 0 Å². The van der Waals surface area contributed by atoms with Crippen molar-refractivity contribution in [3.8, 4) is 0 Å². The molecule has 0 aliphatic heterocycles. The smallest absolute Gasteiger partial charge is 0.795 e. The molecule has 1 aromatic rings. The maximum absolute atomic E-state index is 10.2. The van der Waals surface area contributed by atoms with Crippen LogP contribution in [0.1, 0.15) is 0 Å². The van der Waals surface area contributed by atoms with E-state index in [9.17, 15) is 4.55 Å². The molecule has 0 atom stereocenters. The van der Waals surface area contributed by atoms with Crippen LogP contribution < -0.4 is 29.6 Å². The summed E-state index contributed by atoms with van der Waals surface area (Å²) < 4.78 is 10.2. The Balaban J connectivity index is 0.000001000. The molecule has 0 radical (unpaired) electrons. The summed E-state index contributed by atoms with van der Waals surface area (Å²) in [5.41, 5.74) is 0. The average Bonchev–Trinajstić information content (AvgIpc) is 1.85. The van der Waals surface area contributed by atoms with Gasteiger partial charge in [0.2, 0.25) is 0 Å². The summed E-state index contributed by atoms with van der Waals surface area (Å²) >= 11 is 11.6. The van der Waals surface area contributed by atoms with E-state index in [1.165, 1.54) is 0 Å². The summed E-state index contributed by atoms with van der Waals surface area (Å²) in [6.07, 6.45) is 0. The minimum atomic E-state index is 0. The Morgan fingerprint density at radius 2 is 1.55 bits per heavy atom. The SMILES string of the molecule is [Na+].[O-]Sc1cc(Cl)cc(Cl)c1. The van der Waals surface area contributed by atoms with Crippen molar-refractivity contribution in [3.05, 3.63) is 28.2 Å². The molecular weight excluding hydrogens is 214 g/mol. The first-order valence-corrected chi connectivity index (χ1v) is 3.98. The minimum absolute atomic E-state index is 0. The summed E-state index contributed by atoms with van der Waals surface area (Å²) in [6, 6.07) is 4.74. The monoisotopic (exact) mass is 216 g/mol. The van der Waals surface area contributed by atoms with E-state index in [0.717, 1.165) is 0 Å². The molecule has 0 unspecified atom stereocenters. The normalized spacial score (nSPS) is 9.00. The van der Waals surface area contributed by atoms with E-state index in [0.29, 0.717) is 27.0 Å². The third kappa shape index (κ3) is 4.04. The first-order valence-electron chi connectivity index (χ1n) is 2.48. The Morgan fingerprint density at radius 3 is 1.91 bits per heavy atom. The first kappa shape index (κ1) is 12.1. The second-order valence-electron chi connectivity index (χ2n) is 1.69. The van der Waals surface area contributed by atoms with Gasteiger partial charge in [0.15, 0.2) is 0 Å². The number of halogens is 2. The number of benzene rings is 1. The van der Waals surface area contributed by atoms with E-state index in [2.05, 4.69) is 0 Å². The van der Waals surface area contributed by atoms with Crippen molar-refractivity contribution >= 4 is 35.2 Å². The quantitative estimate of drug-likeness (QED) is 0.496. The Bertz CT molecular complexity index is 224. The zero-order valence-electron chi connectivity index (χ0n) is 5.80. The van der Waals surface area contributed by atoms with Crippen molar-refractivity contribution in [1.29, 1.82) is 0 Å². The van der Waals surface area contributed by atoms with Crippen LogP contribution in [0.3, 0.4) is 0 Å². The predicted molar refractivity (Wildman–Crippen MR) is 43.1 cm³/mol. The molecule has 0 heterocycles. The fourth-order valence-electron chi connectivity index (χ4n) is 0.577. The van der Waals surface area contributed by atoms with E-state index >= 15 is 0 Å². The third-order valence-corrected chi connectivity index (χ3v) is 1.80. The van der Waals surface area contributed by atoms with Crippen LogP contribution in [0.25, 0.3) is 0 Å². The third-order valence-electron chi connectivity index (χ3n) is 0.932. The van der Waals surface area contributed by atoms with Crippen LogP contribution >= 0.6 is 35.2 Å². The van der Waals surface area contributed by atoms with E-state index in [-0.39, 0.29) is 29.6 Å². The van der Waals surface area contributed by atoms with Gasteiger partial charge in [-0.2, -0.15) is 0 Å². The van der Waals surface area contributed by atoms with Crippen molar-refractivity contribution in [2.45, 2.75) is 4.90 Å². The largest absolute Gasteiger partial charge is 1.00 e. The molecule has 0 N–H and O–H groups in total. The van der Waals surface area contributed by atoms with Crippen molar-refractivity contribution in [2.24, 2.45) is 0 Å². The van der Waals surface area contributed by atoms with Gasteiger partial charge in [0.25, 0.3) is 0 Å². The summed E-state index contributed by atoms with van der Waals surface area (Å²) in [5, 5.41) is 0.983. The van der Waals surface area contributed by atoms with Crippen molar-refractivity contribution in [3.63, 3.8) is 0 Å². The Kier molecular flexibility index (Phi) is 6.28. The maximum Gasteiger partial charge on any atom is 1.00 e. The van der Waals surface area contributed by atoms with Crippen molar-refractivity contribution in [1.82, 2.24) is 0 Å². The Morgan fingerprint density at radius 1 is 1.09 bits per heavy atom. The van der Waals surface area contributed by atoms with E-state index < -0.39 is 0 Å². The molecule has 0 amide bonds. The van der Waals surface area contributed by atoms with E-state index in [1.807, 2.05) is 0 Å². The number of hydrogen-bond donors (Lipinski definition) is 0. The Labute approximate surface area is 102 Å². The topological polar surface area (TPSA) is 23.1 Å².